The normalized spacial score (nSPS) is 10.4. The molecule has 0 saturated carbocycles. The van der Waals surface area contributed by atoms with E-state index < -0.39 is 0 Å². The van der Waals surface area contributed by atoms with E-state index in [0.29, 0.717) is 24.5 Å². The van der Waals surface area contributed by atoms with E-state index >= 15 is 0 Å². The fraction of sp³-hybridized carbons (Fsp3) is 0.143. The van der Waals surface area contributed by atoms with Gasteiger partial charge in [-0.1, -0.05) is 48.0 Å². The van der Waals surface area contributed by atoms with E-state index in [1.165, 1.54) is 0 Å². The molecule has 3 aromatic rings. The summed E-state index contributed by atoms with van der Waals surface area (Å²) < 4.78 is 5.57. The van der Waals surface area contributed by atoms with Crippen LogP contribution in [0.4, 0.5) is 5.69 Å². The fourth-order valence-electron chi connectivity index (χ4n) is 2.63. The molecule has 4 nitrogen and oxygen atoms in total. The molecule has 138 valence electrons. The highest BCUT2D eigenvalue weighted by atomic mass is 35.5. The van der Waals surface area contributed by atoms with Crippen LogP contribution in [0, 0.1) is 0 Å². The maximum atomic E-state index is 12.1. The minimum absolute atomic E-state index is 0.146. The number of thiocarbonyl (C=S) groups is 1. The minimum Gasteiger partial charge on any atom is -0.494 e. The van der Waals surface area contributed by atoms with Crippen LogP contribution in [0.5, 0.6) is 5.75 Å². The number of hydrogen-bond donors (Lipinski definition) is 2. The summed E-state index contributed by atoms with van der Waals surface area (Å²) in [6, 6.07) is 21.0. The van der Waals surface area contributed by atoms with Gasteiger partial charge in [0.2, 0.25) is 5.91 Å². The van der Waals surface area contributed by atoms with Gasteiger partial charge in [-0.15, -0.1) is 0 Å². The Bertz CT molecular complexity index is 939. The van der Waals surface area contributed by atoms with Crippen LogP contribution in [0.1, 0.15) is 12.8 Å². The lowest BCUT2D eigenvalue weighted by molar-refractivity contribution is -0.119. The number of carbonyl (C=O) groups is 1. The molecule has 3 aromatic carbocycles. The third-order valence-corrected chi connectivity index (χ3v) is 4.38. The molecule has 27 heavy (non-hydrogen) atoms. The van der Waals surface area contributed by atoms with Crippen LogP contribution in [0.3, 0.4) is 0 Å². The quantitative estimate of drug-likeness (QED) is 0.444. The van der Waals surface area contributed by atoms with Gasteiger partial charge in [0.05, 0.1) is 6.61 Å². The first-order valence-electron chi connectivity index (χ1n) is 8.59. The molecule has 0 aliphatic rings. The first-order valence-corrected chi connectivity index (χ1v) is 9.37. The number of fused-ring (bicyclic) bond motifs is 1. The summed E-state index contributed by atoms with van der Waals surface area (Å²) in [6.07, 6.45) is 0.913. The zero-order chi connectivity index (χ0) is 19.1. The first-order chi connectivity index (χ1) is 13.1. The molecule has 2 N–H and O–H groups in total. The number of ether oxygens (including phenoxy) is 1. The predicted octanol–water partition coefficient (Wildman–Crippen LogP) is 5.17. The molecule has 0 atom stereocenters. The fourth-order valence-corrected chi connectivity index (χ4v) is 2.98. The Morgan fingerprint density at radius 3 is 2.56 bits per heavy atom. The summed E-state index contributed by atoms with van der Waals surface area (Å²) in [5.41, 5.74) is 0.865. The molecule has 0 spiro atoms. The molecule has 1 amide bonds. The number of carbonyl (C=O) groups excluding carboxylic acids is 1. The molecule has 0 bridgehead atoms. The number of amides is 1. The van der Waals surface area contributed by atoms with Crippen molar-refractivity contribution >= 4 is 51.3 Å². The number of hydrogen-bond acceptors (Lipinski definition) is 3. The highest BCUT2D eigenvalue weighted by Crippen LogP contribution is 2.22. The number of halogens is 1. The van der Waals surface area contributed by atoms with Crippen molar-refractivity contribution in [1.29, 1.82) is 0 Å². The van der Waals surface area contributed by atoms with Crippen molar-refractivity contribution in [3.05, 3.63) is 71.8 Å². The second-order valence-electron chi connectivity index (χ2n) is 5.93. The van der Waals surface area contributed by atoms with Crippen molar-refractivity contribution in [3.63, 3.8) is 0 Å². The Balaban J connectivity index is 1.43. The topological polar surface area (TPSA) is 50.4 Å². The lowest BCUT2D eigenvalue weighted by atomic mass is 10.1. The Labute approximate surface area is 168 Å². The number of rotatable bonds is 6. The van der Waals surface area contributed by atoms with Gasteiger partial charge in [0.25, 0.3) is 0 Å². The van der Waals surface area contributed by atoms with Gasteiger partial charge in [0.1, 0.15) is 5.75 Å². The highest BCUT2D eigenvalue weighted by molar-refractivity contribution is 7.80. The van der Waals surface area contributed by atoms with E-state index in [1.807, 2.05) is 42.5 Å². The van der Waals surface area contributed by atoms with Crippen LogP contribution in [-0.4, -0.2) is 17.6 Å². The zero-order valence-corrected chi connectivity index (χ0v) is 16.1. The number of nitrogens with one attached hydrogen (secondary N) is 2. The second kappa shape index (κ2) is 9.35. The molecule has 0 fully saturated rings. The molecule has 0 radical (unpaired) electrons. The zero-order valence-electron chi connectivity index (χ0n) is 14.6. The van der Waals surface area contributed by atoms with E-state index in [9.17, 15) is 4.79 Å². The summed E-state index contributed by atoms with van der Waals surface area (Å²) in [5, 5.41) is 8.91. The Morgan fingerprint density at radius 2 is 1.74 bits per heavy atom. The molecule has 0 unspecified atom stereocenters. The summed E-state index contributed by atoms with van der Waals surface area (Å²) in [7, 11) is 0. The average molecular weight is 399 g/mol. The summed E-state index contributed by atoms with van der Waals surface area (Å²) >= 11 is 11.1. The smallest absolute Gasteiger partial charge is 0.226 e. The number of benzene rings is 3. The SMILES string of the molecule is O=C(CCCOc1ccc(Cl)cc1)NC(=S)Nc1cccc2ccccc12. The maximum absolute atomic E-state index is 12.1. The molecular formula is C21H19ClN2O2S. The van der Waals surface area contributed by atoms with Crippen LogP contribution < -0.4 is 15.4 Å². The number of anilines is 1. The lowest BCUT2D eigenvalue weighted by Crippen LogP contribution is -2.34. The van der Waals surface area contributed by atoms with E-state index in [2.05, 4.69) is 10.6 Å². The molecule has 0 aliphatic carbocycles. The van der Waals surface area contributed by atoms with Gasteiger partial charge in [-0.05, 0) is 54.4 Å². The molecule has 0 aliphatic heterocycles. The largest absolute Gasteiger partial charge is 0.494 e. The van der Waals surface area contributed by atoms with Gasteiger partial charge >= 0.3 is 0 Å². The molecular weight excluding hydrogens is 380 g/mol. The van der Waals surface area contributed by atoms with Crippen molar-refractivity contribution in [2.24, 2.45) is 0 Å². The van der Waals surface area contributed by atoms with E-state index in [4.69, 9.17) is 28.6 Å². The lowest BCUT2D eigenvalue weighted by Gasteiger charge is -2.12. The molecule has 0 aromatic heterocycles. The van der Waals surface area contributed by atoms with E-state index in [0.717, 1.165) is 22.2 Å². The van der Waals surface area contributed by atoms with Crippen LogP contribution in [0.25, 0.3) is 10.8 Å². The monoisotopic (exact) mass is 398 g/mol. The molecule has 3 rings (SSSR count). The van der Waals surface area contributed by atoms with Gasteiger partial charge in [-0.2, -0.15) is 0 Å². The van der Waals surface area contributed by atoms with Crippen molar-refractivity contribution in [2.75, 3.05) is 11.9 Å². The third kappa shape index (κ3) is 5.67. The van der Waals surface area contributed by atoms with Gasteiger partial charge in [-0.25, -0.2) is 0 Å². The van der Waals surface area contributed by atoms with Gasteiger partial charge < -0.3 is 15.4 Å². The first kappa shape index (κ1) is 19.1. The van der Waals surface area contributed by atoms with Crippen LogP contribution in [-0.2, 0) is 4.79 Å². The minimum atomic E-state index is -0.146. The van der Waals surface area contributed by atoms with Gasteiger partial charge in [0, 0.05) is 22.5 Å². The van der Waals surface area contributed by atoms with Crippen molar-refractivity contribution in [2.45, 2.75) is 12.8 Å². The van der Waals surface area contributed by atoms with Gasteiger partial charge in [0.15, 0.2) is 5.11 Å². The van der Waals surface area contributed by atoms with Crippen molar-refractivity contribution in [3.8, 4) is 5.75 Å². The van der Waals surface area contributed by atoms with Crippen LogP contribution in [0.15, 0.2) is 66.7 Å². The Morgan fingerprint density at radius 1 is 1.00 bits per heavy atom. The standard InChI is InChI=1S/C21H19ClN2O2S/c22-16-10-12-17(13-11-16)26-14-4-9-20(25)24-21(27)23-19-8-3-6-15-5-1-2-7-18(15)19/h1-3,5-8,10-13H,4,9,14H2,(H2,23,24,25,27). The summed E-state index contributed by atoms with van der Waals surface area (Å²) in [5.74, 6) is 0.584. The van der Waals surface area contributed by atoms with Gasteiger partial charge in [-0.3, -0.25) is 4.79 Å². The average Bonchev–Trinajstić information content (AvgIpc) is 2.67. The van der Waals surface area contributed by atoms with E-state index in [1.54, 1.807) is 24.3 Å². The highest BCUT2D eigenvalue weighted by Gasteiger charge is 2.07. The van der Waals surface area contributed by atoms with Crippen LogP contribution in [0.2, 0.25) is 5.02 Å². The summed E-state index contributed by atoms with van der Waals surface area (Å²) in [4.78, 5) is 12.1. The molecule has 0 heterocycles. The molecule has 0 saturated heterocycles. The maximum Gasteiger partial charge on any atom is 0.226 e. The Kier molecular flexibility index (Phi) is 6.63. The Hall–Kier alpha value is -2.63. The molecule has 6 heteroatoms. The van der Waals surface area contributed by atoms with Crippen molar-refractivity contribution < 1.29 is 9.53 Å². The van der Waals surface area contributed by atoms with E-state index in [-0.39, 0.29) is 11.0 Å². The third-order valence-electron chi connectivity index (χ3n) is 3.92. The van der Waals surface area contributed by atoms with Crippen molar-refractivity contribution in [1.82, 2.24) is 5.32 Å². The summed E-state index contributed by atoms with van der Waals surface area (Å²) in [6.45, 7) is 0.443. The predicted molar refractivity (Wildman–Crippen MR) is 114 cm³/mol. The second-order valence-corrected chi connectivity index (χ2v) is 6.78. The van der Waals surface area contributed by atoms with Crippen LogP contribution >= 0.6 is 23.8 Å².